The average Bonchev–Trinajstić information content (AvgIpc) is 3.30. The van der Waals surface area contributed by atoms with Crippen LogP contribution in [-0.4, -0.2) is 50.1 Å². The number of rotatable bonds is 6. The minimum Gasteiger partial charge on any atom is -0.354 e. The summed E-state index contributed by atoms with van der Waals surface area (Å²) in [6.07, 6.45) is 2.94. The summed E-state index contributed by atoms with van der Waals surface area (Å²) in [6, 6.07) is 10.4. The molecule has 3 rings (SSSR count). The monoisotopic (exact) mass is 287 g/mol. The summed E-state index contributed by atoms with van der Waals surface area (Å²) in [5.74, 6) is 0.251. The number of carbonyl (C=O) groups is 1. The Morgan fingerprint density at radius 1 is 1.19 bits per heavy atom. The molecule has 1 aromatic carbocycles. The molecule has 0 spiro atoms. The Labute approximate surface area is 126 Å². The smallest absolute Gasteiger partial charge is 0.226 e. The summed E-state index contributed by atoms with van der Waals surface area (Å²) < 4.78 is 0. The maximum absolute atomic E-state index is 12.4. The number of nitrogens with one attached hydrogen (secondary N) is 2. The van der Waals surface area contributed by atoms with Crippen molar-refractivity contribution in [3.05, 3.63) is 35.9 Å². The molecule has 0 radical (unpaired) electrons. The van der Waals surface area contributed by atoms with Crippen LogP contribution in [0.25, 0.3) is 0 Å². The number of carbonyl (C=O) groups excluding carboxylic acids is 1. The molecule has 21 heavy (non-hydrogen) atoms. The number of amides is 1. The predicted molar refractivity (Wildman–Crippen MR) is 84.1 cm³/mol. The van der Waals surface area contributed by atoms with Gasteiger partial charge in [0.15, 0.2) is 0 Å². The van der Waals surface area contributed by atoms with Gasteiger partial charge in [0, 0.05) is 39.3 Å². The second kappa shape index (κ2) is 6.58. The van der Waals surface area contributed by atoms with E-state index in [0.717, 1.165) is 58.5 Å². The summed E-state index contributed by atoms with van der Waals surface area (Å²) in [4.78, 5) is 14.8. The van der Waals surface area contributed by atoms with E-state index in [0.29, 0.717) is 0 Å². The van der Waals surface area contributed by atoms with Gasteiger partial charge in [-0.15, -0.1) is 0 Å². The normalized spacial score (nSPS) is 21.0. The molecular weight excluding hydrogens is 262 g/mol. The van der Waals surface area contributed by atoms with Crippen LogP contribution in [-0.2, 0) is 11.2 Å². The van der Waals surface area contributed by atoms with Crippen molar-refractivity contribution in [3.8, 4) is 0 Å². The quantitative estimate of drug-likeness (QED) is 0.821. The van der Waals surface area contributed by atoms with Crippen molar-refractivity contribution in [1.82, 2.24) is 15.5 Å². The van der Waals surface area contributed by atoms with Crippen LogP contribution in [0.4, 0.5) is 0 Å². The van der Waals surface area contributed by atoms with Crippen LogP contribution in [0.2, 0.25) is 0 Å². The van der Waals surface area contributed by atoms with Gasteiger partial charge in [-0.05, 0) is 24.8 Å². The minimum absolute atomic E-state index is 0.120. The lowest BCUT2D eigenvalue weighted by atomic mass is 9.95. The van der Waals surface area contributed by atoms with Crippen molar-refractivity contribution in [2.75, 3.05) is 39.3 Å². The molecule has 0 bridgehead atoms. The zero-order valence-corrected chi connectivity index (χ0v) is 12.6. The molecular formula is C17H25N3O. The highest BCUT2D eigenvalue weighted by Gasteiger charge is 2.49. The first-order chi connectivity index (χ1) is 10.3. The summed E-state index contributed by atoms with van der Waals surface area (Å²) >= 11 is 0. The van der Waals surface area contributed by atoms with Gasteiger partial charge >= 0.3 is 0 Å². The van der Waals surface area contributed by atoms with Crippen molar-refractivity contribution in [2.24, 2.45) is 5.41 Å². The van der Waals surface area contributed by atoms with E-state index in [4.69, 9.17) is 0 Å². The third kappa shape index (κ3) is 3.83. The summed E-state index contributed by atoms with van der Waals surface area (Å²) in [5, 5.41) is 6.50. The molecule has 2 fully saturated rings. The topological polar surface area (TPSA) is 44.4 Å². The molecule has 114 valence electrons. The second-order valence-electron chi connectivity index (χ2n) is 6.29. The van der Waals surface area contributed by atoms with Gasteiger partial charge in [0.05, 0.1) is 5.41 Å². The number of nitrogens with zero attached hydrogens (tertiary/aromatic N) is 1. The van der Waals surface area contributed by atoms with Crippen molar-refractivity contribution in [3.63, 3.8) is 0 Å². The standard InChI is InChI=1S/C17H25N3O/c21-16(19-10-13-20-11-8-18-9-12-20)17(6-7-17)14-15-4-2-1-3-5-15/h1-5,18H,6-14H2,(H,19,21). The number of hydrogen-bond donors (Lipinski definition) is 2. The number of hydrogen-bond acceptors (Lipinski definition) is 3. The number of benzene rings is 1. The van der Waals surface area contributed by atoms with Crippen LogP contribution in [0, 0.1) is 5.41 Å². The summed E-state index contributed by atoms with van der Waals surface area (Å²) in [5.41, 5.74) is 1.15. The lowest BCUT2D eigenvalue weighted by molar-refractivity contribution is -0.126. The van der Waals surface area contributed by atoms with E-state index in [9.17, 15) is 4.79 Å². The Hall–Kier alpha value is -1.39. The summed E-state index contributed by atoms with van der Waals surface area (Å²) in [7, 11) is 0. The third-order valence-corrected chi connectivity index (χ3v) is 4.64. The largest absolute Gasteiger partial charge is 0.354 e. The molecule has 0 atom stereocenters. The third-order valence-electron chi connectivity index (χ3n) is 4.64. The van der Waals surface area contributed by atoms with Crippen LogP contribution in [0.5, 0.6) is 0 Å². The highest BCUT2D eigenvalue weighted by molar-refractivity contribution is 5.85. The van der Waals surface area contributed by atoms with E-state index < -0.39 is 0 Å². The van der Waals surface area contributed by atoms with Crippen LogP contribution < -0.4 is 10.6 Å². The van der Waals surface area contributed by atoms with E-state index in [-0.39, 0.29) is 11.3 Å². The van der Waals surface area contributed by atoms with Gasteiger partial charge in [-0.25, -0.2) is 0 Å². The van der Waals surface area contributed by atoms with Gasteiger partial charge in [0.1, 0.15) is 0 Å². The van der Waals surface area contributed by atoms with Crippen LogP contribution >= 0.6 is 0 Å². The molecule has 0 aromatic heterocycles. The Balaban J connectivity index is 1.44. The average molecular weight is 287 g/mol. The van der Waals surface area contributed by atoms with E-state index in [1.807, 2.05) is 18.2 Å². The first-order valence-electron chi connectivity index (χ1n) is 8.04. The van der Waals surface area contributed by atoms with Gasteiger partial charge < -0.3 is 10.6 Å². The van der Waals surface area contributed by atoms with Gasteiger partial charge in [-0.1, -0.05) is 30.3 Å². The molecule has 1 aromatic rings. The Morgan fingerprint density at radius 2 is 1.90 bits per heavy atom. The molecule has 2 N–H and O–H groups in total. The van der Waals surface area contributed by atoms with Gasteiger partial charge in [-0.3, -0.25) is 9.69 Å². The maximum atomic E-state index is 12.4. The molecule has 0 unspecified atom stereocenters. The molecule has 2 aliphatic rings. The predicted octanol–water partition coefficient (Wildman–Crippen LogP) is 1.03. The molecule has 1 amide bonds. The zero-order valence-electron chi connectivity index (χ0n) is 12.6. The fourth-order valence-electron chi connectivity index (χ4n) is 3.07. The first kappa shape index (κ1) is 14.5. The Kier molecular flexibility index (Phi) is 4.56. The first-order valence-corrected chi connectivity index (χ1v) is 8.04. The fraction of sp³-hybridized carbons (Fsp3) is 0.588. The van der Waals surface area contributed by atoms with Crippen LogP contribution in [0.15, 0.2) is 30.3 Å². The molecule has 4 nitrogen and oxygen atoms in total. The van der Waals surface area contributed by atoms with Crippen molar-refractivity contribution < 1.29 is 4.79 Å². The maximum Gasteiger partial charge on any atom is 0.226 e. The van der Waals surface area contributed by atoms with Gasteiger partial charge in [0.2, 0.25) is 5.91 Å². The highest BCUT2D eigenvalue weighted by Crippen LogP contribution is 2.48. The lowest BCUT2D eigenvalue weighted by Crippen LogP contribution is -2.47. The molecule has 1 heterocycles. The zero-order chi connectivity index (χ0) is 14.5. The highest BCUT2D eigenvalue weighted by atomic mass is 16.2. The molecule has 4 heteroatoms. The van der Waals surface area contributed by atoms with Crippen molar-refractivity contribution in [2.45, 2.75) is 19.3 Å². The van der Waals surface area contributed by atoms with Gasteiger partial charge in [-0.2, -0.15) is 0 Å². The summed E-state index contributed by atoms with van der Waals surface area (Å²) in [6.45, 7) is 6.04. The Morgan fingerprint density at radius 3 is 2.57 bits per heavy atom. The van der Waals surface area contributed by atoms with Crippen molar-refractivity contribution >= 4 is 5.91 Å². The Bertz CT molecular complexity index is 464. The lowest BCUT2D eigenvalue weighted by Gasteiger charge is -2.27. The molecule has 1 aliphatic heterocycles. The van der Waals surface area contributed by atoms with Crippen molar-refractivity contribution in [1.29, 1.82) is 0 Å². The van der Waals surface area contributed by atoms with E-state index in [2.05, 4.69) is 27.7 Å². The van der Waals surface area contributed by atoms with Crippen LogP contribution in [0.3, 0.4) is 0 Å². The van der Waals surface area contributed by atoms with Crippen LogP contribution in [0.1, 0.15) is 18.4 Å². The van der Waals surface area contributed by atoms with E-state index >= 15 is 0 Å². The molecule has 1 saturated heterocycles. The van der Waals surface area contributed by atoms with E-state index in [1.54, 1.807) is 0 Å². The fourth-order valence-corrected chi connectivity index (χ4v) is 3.07. The molecule has 1 saturated carbocycles. The van der Waals surface area contributed by atoms with Gasteiger partial charge in [0.25, 0.3) is 0 Å². The molecule has 1 aliphatic carbocycles. The minimum atomic E-state index is -0.120. The van der Waals surface area contributed by atoms with E-state index in [1.165, 1.54) is 5.56 Å². The number of piperazine rings is 1. The second-order valence-corrected chi connectivity index (χ2v) is 6.29. The SMILES string of the molecule is O=C(NCCN1CCNCC1)C1(Cc2ccccc2)CC1.